The number of hydrogen-bond donors (Lipinski definition) is 0. The summed E-state index contributed by atoms with van der Waals surface area (Å²) in [4.78, 5) is 14.5. The zero-order chi connectivity index (χ0) is 15.7. The number of sulfone groups is 1. The van der Waals surface area contributed by atoms with Gasteiger partial charge in [-0.05, 0) is 43.2 Å². The van der Waals surface area contributed by atoms with Crippen molar-refractivity contribution in [1.82, 2.24) is 0 Å². The lowest BCUT2D eigenvalue weighted by atomic mass is 10.0. The lowest BCUT2D eigenvalue weighted by Crippen LogP contribution is -2.44. The molecule has 0 bridgehead atoms. The Kier molecular flexibility index (Phi) is 4.28. The highest BCUT2D eigenvalue weighted by Crippen LogP contribution is 2.31. The highest BCUT2D eigenvalue weighted by atomic mass is 35.5. The third-order valence-corrected chi connectivity index (χ3v) is 5.92. The van der Waals surface area contributed by atoms with Gasteiger partial charge >= 0.3 is 0 Å². The van der Waals surface area contributed by atoms with E-state index in [2.05, 4.69) is 0 Å². The average Bonchev–Trinajstić information content (AvgIpc) is 3.11. The van der Waals surface area contributed by atoms with E-state index in [0.29, 0.717) is 10.7 Å². The van der Waals surface area contributed by atoms with Crippen molar-refractivity contribution in [1.29, 1.82) is 0 Å². The Morgan fingerprint density at radius 1 is 1.14 bits per heavy atom. The third-order valence-electron chi connectivity index (χ3n) is 4.29. The molecule has 3 rings (SSSR count). The Balaban J connectivity index is 1.93. The number of rotatable bonds is 3. The molecule has 22 heavy (non-hydrogen) atoms. The molecule has 0 saturated heterocycles. The van der Waals surface area contributed by atoms with E-state index in [4.69, 9.17) is 11.6 Å². The first kappa shape index (κ1) is 15.6. The van der Waals surface area contributed by atoms with Crippen LogP contribution in [0.15, 0.2) is 35.7 Å². The molecule has 1 aliphatic heterocycles. The van der Waals surface area contributed by atoms with Crippen molar-refractivity contribution in [2.75, 3.05) is 10.7 Å². The summed E-state index contributed by atoms with van der Waals surface area (Å²) in [5.41, 5.74) is 0.702. The van der Waals surface area contributed by atoms with Gasteiger partial charge in [-0.1, -0.05) is 24.4 Å². The quantitative estimate of drug-likeness (QED) is 0.850. The number of benzene rings is 1. The van der Waals surface area contributed by atoms with Crippen LogP contribution in [0.1, 0.15) is 25.7 Å². The van der Waals surface area contributed by atoms with E-state index in [9.17, 15) is 13.2 Å². The second-order valence-electron chi connectivity index (χ2n) is 5.89. The minimum absolute atomic E-state index is 0.00705. The van der Waals surface area contributed by atoms with Crippen molar-refractivity contribution >= 4 is 33.0 Å². The second-order valence-corrected chi connectivity index (χ2v) is 8.26. The predicted octanol–water partition coefficient (Wildman–Crippen LogP) is 3.17. The van der Waals surface area contributed by atoms with Crippen LogP contribution in [0.5, 0.6) is 0 Å². The lowest BCUT2D eigenvalue weighted by Gasteiger charge is -2.30. The third kappa shape index (κ3) is 3.20. The van der Waals surface area contributed by atoms with Crippen LogP contribution in [0.3, 0.4) is 0 Å². The van der Waals surface area contributed by atoms with Gasteiger partial charge in [-0.2, -0.15) is 0 Å². The van der Waals surface area contributed by atoms with E-state index < -0.39 is 15.9 Å². The fourth-order valence-electron chi connectivity index (χ4n) is 3.17. The molecule has 1 aliphatic carbocycles. The van der Waals surface area contributed by atoms with Crippen molar-refractivity contribution in [3.05, 3.63) is 40.8 Å². The molecule has 1 heterocycles. The molecule has 1 aromatic carbocycles. The molecule has 1 amide bonds. The van der Waals surface area contributed by atoms with Gasteiger partial charge in [0.25, 0.3) is 0 Å². The van der Waals surface area contributed by atoms with Crippen LogP contribution >= 0.6 is 11.6 Å². The maximum Gasteiger partial charge on any atom is 0.230 e. The Morgan fingerprint density at radius 3 is 2.32 bits per heavy atom. The molecule has 1 fully saturated rings. The zero-order valence-electron chi connectivity index (χ0n) is 12.1. The summed E-state index contributed by atoms with van der Waals surface area (Å²) in [6, 6.07) is 6.55. The SMILES string of the molecule is O=C(C1CCCC1)N(c1ccc(Cl)cc1)[C@H]1C=CS(=O)(=O)C1. The van der Waals surface area contributed by atoms with Crippen LogP contribution in [0.25, 0.3) is 0 Å². The number of nitrogens with zero attached hydrogens (tertiary/aromatic N) is 1. The van der Waals surface area contributed by atoms with Crippen LogP contribution in [0.4, 0.5) is 5.69 Å². The van der Waals surface area contributed by atoms with Gasteiger partial charge in [-0.3, -0.25) is 4.79 Å². The molecule has 0 N–H and O–H groups in total. The molecule has 4 nitrogen and oxygen atoms in total. The summed E-state index contributed by atoms with van der Waals surface area (Å²) in [7, 11) is -3.21. The summed E-state index contributed by atoms with van der Waals surface area (Å²) in [5.74, 6) is -0.0346. The van der Waals surface area contributed by atoms with E-state index in [1.165, 1.54) is 5.41 Å². The van der Waals surface area contributed by atoms with E-state index in [-0.39, 0.29) is 17.6 Å². The van der Waals surface area contributed by atoms with E-state index in [0.717, 1.165) is 25.7 Å². The molecule has 1 aromatic rings. The minimum Gasteiger partial charge on any atom is -0.304 e. The molecule has 118 valence electrons. The summed E-state index contributed by atoms with van der Waals surface area (Å²) in [5, 5.41) is 1.80. The van der Waals surface area contributed by atoms with Gasteiger partial charge in [0, 0.05) is 22.0 Å². The maximum atomic E-state index is 12.9. The number of hydrogen-bond acceptors (Lipinski definition) is 3. The van der Waals surface area contributed by atoms with Gasteiger partial charge in [0.15, 0.2) is 9.84 Å². The van der Waals surface area contributed by atoms with Gasteiger partial charge in [-0.25, -0.2) is 8.42 Å². The van der Waals surface area contributed by atoms with Crippen molar-refractivity contribution in [3.8, 4) is 0 Å². The largest absolute Gasteiger partial charge is 0.304 e. The molecule has 1 saturated carbocycles. The minimum atomic E-state index is -3.21. The van der Waals surface area contributed by atoms with Crippen LogP contribution in [-0.2, 0) is 14.6 Å². The van der Waals surface area contributed by atoms with Gasteiger partial charge in [0.1, 0.15) is 0 Å². The highest BCUT2D eigenvalue weighted by molar-refractivity contribution is 7.94. The molecular formula is C16H18ClNO3S. The fraction of sp³-hybridized carbons (Fsp3) is 0.438. The predicted molar refractivity (Wildman–Crippen MR) is 87.6 cm³/mol. The number of halogens is 1. The van der Waals surface area contributed by atoms with E-state index in [1.807, 2.05) is 0 Å². The topological polar surface area (TPSA) is 54.5 Å². The molecule has 1 atom stereocenters. The van der Waals surface area contributed by atoms with Crippen LogP contribution in [0, 0.1) is 5.92 Å². The first-order valence-electron chi connectivity index (χ1n) is 7.46. The lowest BCUT2D eigenvalue weighted by molar-refractivity contribution is -0.122. The fourth-order valence-corrected chi connectivity index (χ4v) is 4.57. The summed E-state index contributed by atoms with van der Waals surface area (Å²) in [6.07, 6.45) is 5.49. The first-order chi connectivity index (χ1) is 10.5. The molecule has 0 unspecified atom stereocenters. The average molecular weight is 340 g/mol. The Bertz CT molecular complexity index is 691. The zero-order valence-corrected chi connectivity index (χ0v) is 13.7. The standard InChI is InChI=1S/C16H18ClNO3S/c17-13-5-7-14(8-6-13)18(15-9-10-22(20,21)11-15)16(19)12-3-1-2-4-12/h5-10,12,15H,1-4,11H2/t15-/m0/s1. The monoisotopic (exact) mass is 339 g/mol. The van der Waals surface area contributed by atoms with Gasteiger partial charge in [0.2, 0.25) is 5.91 Å². The maximum absolute atomic E-state index is 12.9. The molecule has 6 heteroatoms. The Hall–Kier alpha value is -1.33. The van der Waals surface area contributed by atoms with E-state index >= 15 is 0 Å². The van der Waals surface area contributed by atoms with Gasteiger partial charge in [-0.15, -0.1) is 0 Å². The molecule has 0 radical (unpaired) electrons. The van der Waals surface area contributed by atoms with Crippen LogP contribution < -0.4 is 4.90 Å². The normalized spacial score (nSPS) is 23.8. The molecule has 0 spiro atoms. The highest BCUT2D eigenvalue weighted by Gasteiger charge is 2.35. The van der Waals surface area contributed by atoms with Crippen LogP contribution in [0.2, 0.25) is 5.02 Å². The number of anilines is 1. The van der Waals surface area contributed by atoms with Crippen molar-refractivity contribution in [3.63, 3.8) is 0 Å². The van der Waals surface area contributed by atoms with Crippen molar-refractivity contribution < 1.29 is 13.2 Å². The number of amides is 1. The molecule has 0 aromatic heterocycles. The van der Waals surface area contributed by atoms with Crippen LogP contribution in [-0.4, -0.2) is 26.1 Å². The smallest absolute Gasteiger partial charge is 0.230 e. The molecule has 2 aliphatic rings. The second kappa shape index (κ2) is 6.05. The van der Waals surface area contributed by atoms with Crippen molar-refractivity contribution in [2.45, 2.75) is 31.7 Å². The Morgan fingerprint density at radius 2 is 1.77 bits per heavy atom. The van der Waals surface area contributed by atoms with E-state index in [1.54, 1.807) is 35.2 Å². The number of carbonyl (C=O) groups excluding carboxylic acids is 1. The van der Waals surface area contributed by atoms with Gasteiger partial charge < -0.3 is 4.90 Å². The Labute approximate surface area is 135 Å². The first-order valence-corrected chi connectivity index (χ1v) is 9.55. The summed E-state index contributed by atoms with van der Waals surface area (Å²) < 4.78 is 23.5. The molecular weight excluding hydrogens is 322 g/mol. The van der Waals surface area contributed by atoms with Gasteiger partial charge in [0.05, 0.1) is 11.8 Å². The number of carbonyl (C=O) groups is 1. The summed E-state index contributed by atoms with van der Waals surface area (Å²) in [6.45, 7) is 0. The summed E-state index contributed by atoms with van der Waals surface area (Å²) >= 11 is 5.91. The van der Waals surface area contributed by atoms with Crippen molar-refractivity contribution in [2.24, 2.45) is 5.92 Å².